The van der Waals surface area contributed by atoms with Crippen LogP contribution in [0.4, 0.5) is 0 Å². The van der Waals surface area contributed by atoms with Gasteiger partial charge in [0.1, 0.15) is 10.6 Å². The van der Waals surface area contributed by atoms with E-state index in [4.69, 9.17) is 39.5 Å². The molecule has 2 rings (SSSR count). The fraction of sp³-hybridized carbons (Fsp3) is 0.167. The van der Waals surface area contributed by atoms with E-state index in [0.717, 1.165) is 0 Å². The van der Waals surface area contributed by atoms with Gasteiger partial charge in [0.25, 0.3) is 0 Å². The maximum Gasteiger partial charge on any atom is 0.225 e. The Bertz CT molecular complexity index is 758. The van der Waals surface area contributed by atoms with Gasteiger partial charge in [-0.25, -0.2) is 18.4 Å². The topological polar surface area (TPSA) is 69.2 Å². The summed E-state index contributed by atoms with van der Waals surface area (Å²) in [6, 6.07) is 5.97. The molecule has 0 radical (unpaired) electrons. The molecule has 0 spiro atoms. The highest BCUT2D eigenvalue weighted by atomic mass is 35.5. The van der Waals surface area contributed by atoms with Crippen molar-refractivity contribution < 1.29 is 13.2 Å². The van der Waals surface area contributed by atoms with Crippen LogP contribution in [0, 0.1) is 0 Å². The molecule has 0 unspecified atom stereocenters. The predicted molar refractivity (Wildman–Crippen MR) is 80.1 cm³/mol. The lowest BCUT2D eigenvalue weighted by Gasteiger charge is -2.09. The molecule has 1 aromatic heterocycles. The first-order chi connectivity index (χ1) is 9.86. The summed E-state index contributed by atoms with van der Waals surface area (Å²) < 4.78 is 30.5. The SMILES string of the molecule is CCOc1cccc(S(=O)(=O)c2c(Cl)nc(Cl)nc2Cl)c1. The molecular formula is C12H9Cl3N2O3S. The molecule has 0 aliphatic rings. The van der Waals surface area contributed by atoms with E-state index in [2.05, 4.69) is 9.97 Å². The molecule has 1 aromatic carbocycles. The van der Waals surface area contributed by atoms with Crippen molar-refractivity contribution in [2.45, 2.75) is 16.7 Å². The van der Waals surface area contributed by atoms with E-state index in [-0.39, 0.29) is 25.4 Å². The van der Waals surface area contributed by atoms with Crippen LogP contribution in [-0.4, -0.2) is 25.0 Å². The predicted octanol–water partition coefficient (Wildman–Crippen LogP) is 3.67. The first-order valence-electron chi connectivity index (χ1n) is 5.72. The van der Waals surface area contributed by atoms with Crippen LogP contribution in [0.1, 0.15) is 6.92 Å². The van der Waals surface area contributed by atoms with Gasteiger partial charge < -0.3 is 4.74 Å². The molecule has 0 atom stereocenters. The van der Waals surface area contributed by atoms with Crippen molar-refractivity contribution >= 4 is 44.6 Å². The summed E-state index contributed by atoms with van der Waals surface area (Å²) in [4.78, 5) is 6.81. The van der Waals surface area contributed by atoms with Crippen molar-refractivity contribution in [2.24, 2.45) is 0 Å². The van der Waals surface area contributed by atoms with Crippen LogP contribution in [0.5, 0.6) is 5.75 Å². The first-order valence-corrected chi connectivity index (χ1v) is 8.34. The number of aromatic nitrogens is 2. The van der Waals surface area contributed by atoms with E-state index >= 15 is 0 Å². The number of ether oxygens (including phenoxy) is 1. The molecule has 21 heavy (non-hydrogen) atoms. The van der Waals surface area contributed by atoms with Gasteiger partial charge in [-0.05, 0) is 36.7 Å². The van der Waals surface area contributed by atoms with Gasteiger partial charge in [-0.1, -0.05) is 29.3 Å². The van der Waals surface area contributed by atoms with E-state index in [1.165, 1.54) is 12.1 Å². The summed E-state index contributed by atoms with van der Waals surface area (Å²) in [5.74, 6) is 0.417. The molecule has 0 bridgehead atoms. The zero-order valence-electron chi connectivity index (χ0n) is 10.7. The Morgan fingerprint density at radius 1 is 1.14 bits per heavy atom. The highest BCUT2D eigenvalue weighted by Gasteiger charge is 2.27. The molecule has 1 heterocycles. The molecule has 0 aliphatic carbocycles. The van der Waals surface area contributed by atoms with E-state index in [1.54, 1.807) is 19.1 Å². The van der Waals surface area contributed by atoms with Gasteiger partial charge in [-0.3, -0.25) is 0 Å². The average molecular weight is 368 g/mol. The van der Waals surface area contributed by atoms with Gasteiger partial charge in [0.2, 0.25) is 15.1 Å². The maximum atomic E-state index is 12.6. The smallest absolute Gasteiger partial charge is 0.225 e. The molecule has 0 saturated carbocycles. The lowest BCUT2D eigenvalue weighted by Crippen LogP contribution is -2.07. The molecule has 5 nitrogen and oxygen atoms in total. The normalized spacial score (nSPS) is 11.4. The summed E-state index contributed by atoms with van der Waals surface area (Å²) in [6.45, 7) is 2.21. The second-order valence-corrected chi connectivity index (χ2v) is 6.76. The lowest BCUT2D eigenvalue weighted by atomic mass is 10.3. The van der Waals surface area contributed by atoms with Crippen molar-refractivity contribution in [3.63, 3.8) is 0 Å². The van der Waals surface area contributed by atoms with Crippen molar-refractivity contribution in [3.8, 4) is 5.75 Å². The fourth-order valence-electron chi connectivity index (χ4n) is 1.61. The summed E-state index contributed by atoms with van der Waals surface area (Å²) >= 11 is 17.3. The van der Waals surface area contributed by atoms with Gasteiger partial charge in [-0.2, -0.15) is 0 Å². The van der Waals surface area contributed by atoms with Crippen LogP contribution in [0.2, 0.25) is 15.6 Å². The third kappa shape index (κ3) is 3.40. The van der Waals surface area contributed by atoms with Crippen LogP contribution in [-0.2, 0) is 9.84 Å². The highest BCUT2D eigenvalue weighted by Crippen LogP contribution is 2.33. The van der Waals surface area contributed by atoms with Crippen molar-refractivity contribution in [3.05, 3.63) is 39.9 Å². The minimum Gasteiger partial charge on any atom is -0.494 e. The molecule has 0 N–H and O–H groups in total. The zero-order chi connectivity index (χ0) is 15.6. The minimum atomic E-state index is -3.99. The van der Waals surface area contributed by atoms with Crippen molar-refractivity contribution in [2.75, 3.05) is 6.61 Å². The highest BCUT2D eigenvalue weighted by molar-refractivity contribution is 7.91. The molecule has 0 amide bonds. The molecule has 9 heteroatoms. The van der Waals surface area contributed by atoms with E-state index in [9.17, 15) is 8.42 Å². The van der Waals surface area contributed by atoms with Crippen LogP contribution in [0.15, 0.2) is 34.1 Å². The Labute approximate surface area is 136 Å². The Balaban J connectivity index is 2.60. The van der Waals surface area contributed by atoms with Crippen molar-refractivity contribution in [1.82, 2.24) is 9.97 Å². The second kappa shape index (κ2) is 6.36. The summed E-state index contributed by atoms with van der Waals surface area (Å²) in [5, 5.41) is -0.893. The Morgan fingerprint density at radius 2 is 1.76 bits per heavy atom. The van der Waals surface area contributed by atoms with Crippen LogP contribution in [0.25, 0.3) is 0 Å². The van der Waals surface area contributed by atoms with Crippen LogP contribution >= 0.6 is 34.8 Å². The van der Waals surface area contributed by atoms with Gasteiger partial charge in [0, 0.05) is 0 Å². The maximum absolute atomic E-state index is 12.6. The molecular weight excluding hydrogens is 359 g/mol. The summed E-state index contributed by atoms with van der Waals surface area (Å²) in [7, 11) is -3.99. The Morgan fingerprint density at radius 3 is 2.33 bits per heavy atom. The zero-order valence-corrected chi connectivity index (χ0v) is 13.8. The van der Waals surface area contributed by atoms with Gasteiger partial charge in [-0.15, -0.1) is 0 Å². The fourth-order valence-corrected chi connectivity index (χ4v) is 4.16. The second-order valence-electron chi connectivity index (χ2n) is 3.81. The first kappa shape index (κ1) is 16.3. The molecule has 0 saturated heterocycles. The largest absolute Gasteiger partial charge is 0.494 e. The van der Waals surface area contributed by atoms with Gasteiger partial charge in [0.15, 0.2) is 10.3 Å². The number of hydrogen-bond donors (Lipinski definition) is 0. The monoisotopic (exact) mass is 366 g/mol. The third-order valence-electron chi connectivity index (χ3n) is 2.45. The number of sulfone groups is 1. The summed E-state index contributed by atoms with van der Waals surface area (Å²) in [5.41, 5.74) is 0. The molecule has 0 fully saturated rings. The van der Waals surface area contributed by atoms with Crippen molar-refractivity contribution in [1.29, 1.82) is 0 Å². The van der Waals surface area contributed by atoms with Crippen LogP contribution in [0.3, 0.4) is 0 Å². The summed E-state index contributed by atoms with van der Waals surface area (Å²) in [6.07, 6.45) is 0. The Kier molecular flexibility index (Phi) is 4.93. The van der Waals surface area contributed by atoms with E-state index < -0.39 is 9.84 Å². The van der Waals surface area contributed by atoms with Gasteiger partial charge in [0.05, 0.1) is 11.5 Å². The number of rotatable bonds is 4. The molecule has 2 aromatic rings. The number of benzene rings is 1. The standard InChI is InChI=1S/C12H9Cl3N2O3S/c1-2-20-7-4-3-5-8(6-7)21(18,19)9-10(13)16-12(15)17-11(9)14/h3-6H,2H2,1H3. The van der Waals surface area contributed by atoms with Gasteiger partial charge >= 0.3 is 0 Å². The van der Waals surface area contributed by atoms with E-state index in [1.807, 2.05) is 0 Å². The Hall–Kier alpha value is -1.08. The third-order valence-corrected chi connectivity index (χ3v) is 5.19. The minimum absolute atomic E-state index is 0.0248. The molecule has 0 aliphatic heterocycles. The van der Waals surface area contributed by atoms with E-state index in [0.29, 0.717) is 12.4 Å². The number of hydrogen-bond acceptors (Lipinski definition) is 5. The number of halogens is 3. The lowest BCUT2D eigenvalue weighted by molar-refractivity contribution is 0.339. The number of nitrogens with zero attached hydrogens (tertiary/aromatic N) is 2. The molecule has 112 valence electrons. The quantitative estimate of drug-likeness (QED) is 0.609. The average Bonchev–Trinajstić information content (AvgIpc) is 2.37. The van der Waals surface area contributed by atoms with Crippen LogP contribution < -0.4 is 4.74 Å².